The molecule has 1 heterocycles. The number of aryl methyl sites for hydroxylation is 1. The smallest absolute Gasteiger partial charge is 0.326 e. The third-order valence-corrected chi connectivity index (χ3v) is 4.41. The molecule has 1 saturated heterocycles. The molecule has 0 radical (unpaired) electrons. The lowest BCUT2D eigenvalue weighted by Gasteiger charge is -2.21. The van der Waals surface area contributed by atoms with E-state index in [4.69, 9.17) is 0 Å². The van der Waals surface area contributed by atoms with Gasteiger partial charge in [-0.05, 0) is 35.7 Å². The molecule has 1 amide bonds. The van der Waals surface area contributed by atoms with E-state index in [-0.39, 0.29) is 18.9 Å². The minimum Gasteiger partial charge on any atom is -0.480 e. The maximum Gasteiger partial charge on any atom is 0.326 e. The summed E-state index contributed by atoms with van der Waals surface area (Å²) in [5, 5.41) is 18.9. The van der Waals surface area contributed by atoms with E-state index < -0.39 is 18.1 Å². The number of carboxylic acids is 1. The normalized spacial score (nSPS) is 20.2. The third kappa shape index (κ3) is 3.03. The minimum absolute atomic E-state index is 0.0509. The third-order valence-electron chi connectivity index (χ3n) is 4.41. The van der Waals surface area contributed by atoms with Gasteiger partial charge in [-0.3, -0.25) is 4.79 Å². The first-order chi connectivity index (χ1) is 11.5. The number of β-amino-alcohol motifs (C(OH)–C–C–N with tert-alkyl or cyclic N) is 1. The van der Waals surface area contributed by atoms with Gasteiger partial charge in [0.2, 0.25) is 0 Å². The Hall–Kier alpha value is -2.66. The van der Waals surface area contributed by atoms with Crippen LogP contribution in [0.1, 0.15) is 22.3 Å². The number of nitrogens with zero attached hydrogens (tertiary/aromatic N) is 1. The predicted octanol–water partition coefficient (Wildman–Crippen LogP) is 2.32. The highest BCUT2D eigenvalue weighted by Gasteiger charge is 2.39. The summed E-state index contributed by atoms with van der Waals surface area (Å²) in [4.78, 5) is 25.1. The molecule has 0 bridgehead atoms. The van der Waals surface area contributed by atoms with Crippen molar-refractivity contribution in [1.82, 2.24) is 4.90 Å². The zero-order valence-corrected chi connectivity index (χ0v) is 13.3. The number of rotatable bonds is 3. The van der Waals surface area contributed by atoms with Gasteiger partial charge in [0.25, 0.3) is 5.91 Å². The number of carbonyl (C=O) groups excluding carboxylic acids is 1. The quantitative estimate of drug-likeness (QED) is 0.908. The molecule has 0 aliphatic carbocycles. The fourth-order valence-electron chi connectivity index (χ4n) is 3.13. The number of hydrogen-bond donors (Lipinski definition) is 2. The van der Waals surface area contributed by atoms with E-state index in [1.807, 2.05) is 43.3 Å². The molecule has 5 nitrogen and oxygen atoms in total. The average molecular weight is 325 g/mol. The van der Waals surface area contributed by atoms with Gasteiger partial charge < -0.3 is 15.1 Å². The van der Waals surface area contributed by atoms with Crippen LogP contribution in [0.15, 0.2) is 48.5 Å². The maximum atomic E-state index is 12.6. The molecular weight excluding hydrogens is 306 g/mol. The molecule has 1 aliphatic heterocycles. The SMILES string of the molecule is Cc1ccccc1-c1ccc(C(=O)N2CC(O)C[C@H]2C(=O)O)cc1. The van der Waals surface area contributed by atoms with E-state index in [9.17, 15) is 19.8 Å². The Morgan fingerprint density at radius 2 is 1.75 bits per heavy atom. The number of aliphatic hydroxyl groups is 1. The molecule has 1 aliphatic rings. The van der Waals surface area contributed by atoms with Gasteiger partial charge in [0.05, 0.1) is 6.10 Å². The molecule has 3 rings (SSSR count). The molecule has 2 aromatic carbocycles. The minimum atomic E-state index is -1.09. The monoisotopic (exact) mass is 325 g/mol. The standard InChI is InChI=1S/C19H19NO4/c1-12-4-2-3-5-16(12)13-6-8-14(9-7-13)18(22)20-11-15(21)10-17(20)19(23)24/h2-9,15,17,21H,10-11H2,1H3,(H,23,24)/t15?,17-/m0/s1. The van der Waals surface area contributed by atoms with Crippen molar-refractivity contribution in [3.63, 3.8) is 0 Å². The van der Waals surface area contributed by atoms with Gasteiger partial charge in [-0.25, -0.2) is 4.79 Å². The maximum absolute atomic E-state index is 12.6. The summed E-state index contributed by atoms with van der Waals surface area (Å²) in [6.45, 7) is 2.08. The van der Waals surface area contributed by atoms with Crippen LogP contribution in [0.4, 0.5) is 0 Å². The summed E-state index contributed by atoms with van der Waals surface area (Å²) in [6, 6.07) is 14.1. The lowest BCUT2D eigenvalue weighted by atomic mass is 9.99. The van der Waals surface area contributed by atoms with E-state index in [2.05, 4.69) is 0 Å². The van der Waals surface area contributed by atoms with E-state index >= 15 is 0 Å². The van der Waals surface area contributed by atoms with Crippen LogP contribution in [0.3, 0.4) is 0 Å². The predicted molar refractivity (Wildman–Crippen MR) is 89.7 cm³/mol. The number of aliphatic carboxylic acids is 1. The Labute approximate surface area is 140 Å². The Bertz CT molecular complexity index is 769. The van der Waals surface area contributed by atoms with Gasteiger partial charge in [-0.1, -0.05) is 36.4 Å². The molecular formula is C19H19NO4. The van der Waals surface area contributed by atoms with Crippen molar-refractivity contribution < 1.29 is 19.8 Å². The van der Waals surface area contributed by atoms with Crippen LogP contribution in [0.5, 0.6) is 0 Å². The van der Waals surface area contributed by atoms with Gasteiger partial charge in [-0.2, -0.15) is 0 Å². The molecule has 0 spiro atoms. The van der Waals surface area contributed by atoms with Gasteiger partial charge in [0, 0.05) is 18.5 Å². The molecule has 124 valence electrons. The van der Waals surface area contributed by atoms with Crippen molar-refractivity contribution in [3.05, 3.63) is 59.7 Å². The summed E-state index contributed by atoms with van der Waals surface area (Å²) < 4.78 is 0. The largest absolute Gasteiger partial charge is 0.480 e. The molecule has 1 fully saturated rings. The molecule has 1 unspecified atom stereocenters. The van der Waals surface area contributed by atoms with Gasteiger partial charge in [0.15, 0.2) is 0 Å². The lowest BCUT2D eigenvalue weighted by molar-refractivity contribution is -0.141. The number of carboxylic acid groups (broad SMARTS) is 1. The fraction of sp³-hybridized carbons (Fsp3) is 0.263. The lowest BCUT2D eigenvalue weighted by Crippen LogP contribution is -2.40. The van der Waals surface area contributed by atoms with Crippen LogP contribution < -0.4 is 0 Å². The second-order valence-electron chi connectivity index (χ2n) is 6.09. The Kier molecular flexibility index (Phi) is 4.36. The van der Waals surface area contributed by atoms with Crippen molar-refractivity contribution in [2.24, 2.45) is 0 Å². The molecule has 5 heteroatoms. The summed E-state index contributed by atoms with van der Waals surface area (Å²) in [6.07, 6.45) is -0.719. The van der Waals surface area contributed by atoms with Gasteiger partial charge in [0.1, 0.15) is 6.04 Å². The Balaban J connectivity index is 1.84. The molecule has 2 aromatic rings. The number of benzene rings is 2. The van der Waals surface area contributed by atoms with Gasteiger partial charge in [-0.15, -0.1) is 0 Å². The number of amides is 1. The molecule has 24 heavy (non-hydrogen) atoms. The van der Waals surface area contributed by atoms with Crippen LogP contribution in [0, 0.1) is 6.92 Å². The summed E-state index contributed by atoms with van der Waals surface area (Å²) in [5.74, 6) is -1.45. The van der Waals surface area contributed by atoms with Crippen molar-refractivity contribution >= 4 is 11.9 Å². The number of likely N-dealkylation sites (tertiary alicyclic amines) is 1. The van der Waals surface area contributed by atoms with Crippen LogP contribution >= 0.6 is 0 Å². The summed E-state index contributed by atoms with van der Waals surface area (Å²) >= 11 is 0. The molecule has 0 aromatic heterocycles. The van der Waals surface area contributed by atoms with Crippen molar-refractivity contribution in [2.45, 2.75) is 25.5 Å². The fourth-order valence-corrected chi connectivity index (χ4v) is 3.13. The highest BCUT2D eigenvalue weighted by atomic mass is 16.4. The first-order valence-corrected chi connectivity index (χ1v) is 7.85. The summed E-state index contributed by atoms with van der Waals surface area (Å²) in [5.41, 5.74) is 3.66. The van der Waals surface area contributed by atoms with Crippen LogP contribution in [-0.2, 0) is 4.79 Å². The highest BCUT2D eigenvalue weighted by molar-refractivity contribution is 5.97. The van der Waals surface area contributed by atoms with Crippen LogP contribution in [0.25, 0.3) is 11.1 Å². The van der Waals surface area contributed by atoms with Crippen molar-refractivity contribution in [1.29, 1.82) is 0 Å². The second kappa shape index (κ2) is 6.45. The zero-order valence-electron chi connectivity index (χ0n) is 13.3. The Morgan fingerprint density at radius 3 is 2.38 bits per heavy atom. The van der Waals surface area contributed by atoms with Crippen molar-refractivity contribution in [3.8, 4) is 11.1 Å². The van der Waals surface area contributed by atoms with E-state index in [0.29, 0.717) is 5.56 Å². The van der Waals surface area contributed by atoms with Crippen LogP contribution in [0.2, 0.25) is 0 Å². The average Bonchev–Trinajstić information content (AvgIpc) is 2.97. The van der Waals surface area contributed by atoms with E-state index in [1.165, 1.54) is 4.90 Å². The second-order valence-corrected chi connectivity index (χ2v) is 6.09. The van der Waals surface area contributed by atoms with Gasteiger partial charge >= 0.3 is 5.97 Å². The number of aliphatic hydroxyl groups excluding tert-OH is 1. The first kappa shape index (κ1) is 16.2. The van der Waals surface area contributed by atoms with E-state index in [1.54, 1.807) is 12.1 Å². The molecule has 2 N–H and O–H groups in total. The highest BCUT2D eigenvalue weighted by Crippen LogP contribution is 2.25. The van der Waals surface area contributed by atoms with E-state index in [0.717, 1.165) is 16.7 Å². The molecule has 0 saturated carbocycles. The number of carbonyl (C=O) groups is 2. The topological polar surface area (TPSA) is 77.8 Å². The zero-order chi connectivity index (χ0) is 17.3. The van der Waals surface area contributed by atoms with Crippen molar-refractivity contribution in [2.75, 3.05) is 6.54 Å². The Morgan fingerprint density at radius 1 is 1.08 bits per heavy atom. The molecule has 2 atom stereocenters. The number of hydrogen-bond acceptors (Lipinski definition) is 3. The summed E-state index contributed by atoms with van der Waals surface area (Å²) in [7, 11) is 0. The first-order valence-electron chi connectivity index (χ1n) is 7.85. The van der Waals surface area contributed by atoms with Crippen LogP contribution in [-0.4, -0.2) is 45.7 Å².